The van der Waals surface area contributed by atoms with Crippen LogP contribution in [-0.2, 0) is 4.79 Å². The molecule has 0 spiro atoms. The predicted octanol–water partition coefficient (Wildman–Crippen LogP) is 2.94. The number of rotatable bonds is 3. The SMILES string of the molecule is O=C(N[C@@H]1CC(=O)N(c2ccc(Cl)cc2)C1)c1cccs1. The second-order valence-corrected chi connectivity index (χ2v) is 6.22. The molecule has 1 N–H and O–H groups in total. The van der Waals surface area contributed by atoms with Crippen molar-refractivity contribution >= 4 is 40.4 Å². The number of nitrogens with one attached hydrogen (secondary N) is 1. The van der Waals surface area contributed by atoms with Gasteiger partial charge in [-0.3, -0.25) is 9.59 Å². The molecular weight excluding hydrogens is 308 g/mol. The first-order valence-electron chi connectivity index (χ1n) is 6.54. The van der Waals surface area contributed by atoms with Gasteiger partial charge in [0.25, 0.3) is 5.91 Å². The number of benzene rings is 1. The molecule has 1 fully saturated rings. The topological polar surface area (TPSA) is 49.4 Å². The van der Waals surface area contributed by atoms with Crippen LogP contribution in [0.1, 0.15) is 16.1 Å². The maximum atomic E-state index is 12.1. The van der Waals surface area contributed by atoms with E-state index in [2.05, 4.69) is 5.32 Å². The summed E-state index contributed by atoms with van der Waals surface area (Å²) in [7, 11) is 0. The molecule has 2 aromatic rings. The Kier molecular flexibility index (Phi) is 3.94. The first-order chi connectivity index (χ1) is 10.1. The second-order valence-electron chi connectivity index (χ2n) is 4.83. The van der Waals surface area contributed by atoms with Crippen LogP contribution in [0.2, 0.25) is 5.02 Å². The van der Waals surface area contributed by atoms with E-state index in [1.54, 1.807) is 23.1 Å². The van der Waals surface area contributed by atoms with Crippen LogP contribution in [0.4, 0.5) is 5.69 Å². The number of carbonyl (C=O) groups is 2. The zero-order chi connectivity index (χ0) is 14.8. The summed E-state index contributed by atoms with van der Waals surface area (Å²) < 4.78 is 0. The summed E-state index contributed by atoms with van der Waals surface area (Å²) in [4.78, 5) is 26.4. The van der Waals surface area contributed by atoms with Crippen LogP contribution in [0.5, 0.6) is 0 Å². The molecule has 3 rings (SSSR count). The van der Waals surface area contributed by atoms with E-state index in [9.17, 15) is 9.59 Å². The molecule has 1 aliphatic rings. The minimum Gasteiger partial charge on any atom is -0.346 e. The number of anilines is 1. The Morgan fingerprint density at radius 2 is 2.05 bits per heavy atom. The molecule has 1 aromatic carbocycles. The number of halogens is 1. The molecule has 2 amide bonds. The summed E-state index contributed by atoms with van der Waals surface area (Å²) in [6.07, 6.45) is 0.319. The summed E-state index contributed by atoms with van der Waals surface area (Å²) in [5.74, 6) is -0.116. The molecule has 4 nitrogen and oxygen atoms in total. The highest BCUT2D eigenvalue weighted by Crippen LogP contribution is 2.23. The average Bonchev–Trinajstić information content (AvgIpc) is 3.10. The average molecular weight is 321 g/mol. The standard InChI is InChI=1S/C15H13ClN2O2S/c16-10-3-5-12(6-4-10)18-9-11(8-14(18)19)17-15(20)13-2-1-7-21-13/h1-7,11H,8-9H2,(H,17,20)/t11-/m1/s1. The highest BCUT2D eigenvalue weighted by Gasteiger charge is 2.31. The molecule has 1 saturated heterocycles. The number of hydrogen-bond donors (Lipinski definition) is 1. The fraction of sp³-hybridized carbons (Fsp3) is 0.200. The Hall–Kier alpha value is -1.85. The minimum atomic E-state index is -0.164. The lowest BCUT2D eigenvalue weighted by atomic mass is 10.2. The summed E-state index contributed by atoms with van der Waals surface area (Å²) >= 11 is 7.24. The van der Waals surface area contributed by atoms with Crippen LogP contribution in [-0.4, -0.2) is 24.4 Å². The van der Waals surface area contributed by atoms with Crippen molar-refractivity contribution in [1.82, 2.24) is 5.32 Å². The lowest BCUT2D eigenvalue weighted by Gasteiger charge is -2.17. The third-order valence-electron chi connectivity index (χ3n) is 3.34. The van der Waals surface area contributed by atoms with E-state index in [0.29, 0.717) is 22.9 Å². The monoisotopic (exact) mass is 320 g/mol. The molecule has 108 valence electrons. The van der Waals surface area contributed by atoms with Crippen molar-refractivity contribution < 1.29 is 9.59 Å². The number of hydrogen-bond acceptors (Lipinski definition) is 3. The van der Waals surface area contributed by atoms with Crippen molar-refractivity contribution in [2.75, 3.05) is 11.4 Å². The highest BCUT2D eigenvalue weighted by atomic mass is 35.5. The molecule has 0 bridgehead atoms. The first-order valence-corrected chi connectivity index (χ1v) is 7.79. The number of thiophene rings is 1. The quantitative estimate of drug-likeness (QED) is 0.945. The molecule has 21 heavy (non-hydrogen) atoms. The fourth-order valence-electron chi connectivity index (χ4n) is 2.34. The lowest BCUT2D eigenvalue weighted by molar-refractivity contribution is -0.117. The molecule has 0 saturated carbocycles. The number of carbonyl (C=O) groups excluding carboxylic acids is 2. The Bertz CT molecular complexity index is 655. The third kappa shape index (κ3) is 3.09. The zero-order valence-corrected chi connectivity index (χ0v) is 12.7. The van der Waals surface area contributed by atoms with Crippen molar-refractivity contribution in [3.05, 3.63) is 51.7 Å². The normalized spacial score (nSPS) is 18.0. The summed E-state index contributed by atoms with van der Waals surface area (Å²) in [5.41, 5.74) is 0.803. The molecule has 0 aliphatic carbocycles. The Balaban J connectivity index is 1.67. The second kappa shape index (κ2) is 5.87. The van der Waals surface area contributed by atoms with Gasteiger partial charge in [0, 0.05) is 23.7 Å². The molecule has 2 heterocycles. The van der Waals surface area contributed by atoms with E-state index >= 15 is 0 Å². The van der Waals surface area contributed by atoms with E-state index in [1.807, 2.05) is 23.6 Å². The van der Waals surface area contributed by atoms with Crippen LogP contribution in [0.25, 0.3) is 0 Å². The van der Waals surface area contributed by atoms with Crippen LogP contribution >= 0.6 is 22.9 Å². The van der Waals surface area contributed by atoms with Gasteiger partial charge in [0.1, 0.15) is 0 Å². The molecule has 1 atom stereocenters. The first kappa shape index (κ1) is 14.1. The Labute approximate surface area is 131 Å². The van der Waals surface area contributed by atoms with Gasteiger partial charge in [0.15, 0.2) is 0 Å². The van der Waals surface area contributed by atoms with Gasteiger partial charge in [0.2, 0.25) is 5.91 Å². The lowest BCUT2D eigenvalue weighted by Crippen LogP contribution is -2.36. The summed E-state index contributed by atoms with van der Waals surface area (Å²) in [6.45, 7) is 0.484. The van der Waals surface area contributed by atoms with Crippen molar-refractivity contribution in [3.63, 3.8) is 0 Å². The number of amides is 2. The molecule has 6 heteroatoms. The Morgan fingerprint density at radius 1 is 1.29 bits per heavy atom. The maximum absolute atomic E-state index is 12.1. The van der Waals surface area contributed by atoms with Gasteiger partial charge in [-0.1, -0.05) is 17.7 Å². The van der Waals surface area contributed by atoms with Gasteiger partial charge in [-0.05, 0) is 35.7 Å². The van der Waals surface area contributed by atoms with Gasteiger partial charge >= 0.3 is 0 Å². The molecule has 0 radical (unpaired) electrons. The van der Waals surface area contributed by atoms with Gasteiger partial charge in [-0.25, -0.2) is 0 Å². The fourth-order valence-corrected chi connectivity index (χ4v) is 3.09. The van der Waals surface area contributed by atoms with Gasteiger partial charge in [0.05, 0.1) is 10.9 Å². The highest BCUT2D eigenvalue weighted by molar-refractivity contribution is 7.12. The van der Waals surface area contributed by atoms with Crippen LogP contribution in [0.3, 0.4) is 0 Å². The molecule has 0 unspecified atom stereocenters. The van der Waals surface area contributed by atoms with E-state index in [1.165, 1.54) is 11.3 Å². The van der Waals surface area contributed by atoms with Crippen LogP contribution < -0.4 is 10.2 Å². The maximum Gasteiger partial charge on any atom is 0.261 e. The molecule has 1 aliphatic heterocycles. The molecular formula is C15H13ClN2O2S. The van der Waals surface area contributed by atoms with Gasteiger partial charge in [-0.15, -0.1) is 11.3 Å². The number of nitrogens with zero attached hydrogens (tertiary/aromatic N) is 1. The zero-order valence-electron chi connectivity index (χ0n) is 11.1. The predicted molar refractivity (Wildman–Crippen MR) is 84.0 cm³/mol. The van der Waals surface area contributed by atoms with Gasteiger partial charge < -0.3 is 10.2 Å². The van der Waals surface area contributed by atoms with E-state index in [-0.39, 0.29) is 17.9 Å². The summed E-state index contributed by atoms with van der Waals surface area (Å²) in [5, 5.41) is 5.39. The van der Waals surface area contributed by atoms with Crippen molar-refractivity contribution in [2.24, 2.45) is 0 Å². The summed E-state index contributed by atoms with van der Waals surface area (Å²) in [6, 6.07) is 10.6. The van der Waals surface area contributed by atoms with Crippen LogP contribution in [0.15, 0.2) is 41.8 Å². The third-order valence-corrected chi connectivity index (χ3v) is 4.46. The minimum absolute atomic E-state index is 0.00815. The Morgan fingerprint density at radius 3 is 2.71 bits per heavy atom. The van der Waals surface area contributed by atoms with Crippen molar-refractivity contribution in [1.29, 1.82) is 0 Å². The molecule has 1 aromatic heterocycles. The van der Waals surface area contributed by atoms with E-state index in [4.69, 9.17) is 11.6 Å². The smallest absolute Gasteiger partial charge is 0.261 e. The van der Waals surface area contributed by atoms with Crippen LogP contribution in [0, 0.1) is 0 Å². The van der Waals surface area contributed by atoms with Crippen molar-refractivity contribution in [2.45, 2.75) is 12.5 Å². The largest absolute Gasteiger partial charge is 0.346 e. The van der Waals surface area contributed by atoms with E-state index in [0.717, 1.165) is 5.69 Å². The van der Waals surface area contributed by atoms with Gasteiger partial charge in [-0.2, -0.15) is 0 Å². The van der Waals surface area contributed by atoms with E-state index < -0.39 is 0 Å². The van der Waals surface area contributed by atoms with Crippen molar-refractivity contribution in [3.8, 4) is 0 Å².